The number of carboxylic acids is 1. The second kappa shape index (κ2) is 16.7. The van der Waals surface area contributed by atoms with Crippen molar-refractivity contribution >= 4 is 11.9 Å². The summed E-state index contributed by atoms with van der Waals surface area (Å²) in [6.45, 7) is 7.15. The van der Waals surface area contributed by atoms with Gasteiger partial charge >= 0.3 is 11.9 Å². The number of carbonyl (C=O) groups is 2. The summed E-state index contributed by atoms with van der Waals surface area (Å²) in [5.74, 6) is 0.304. The Morgan fingerprint density at radius 1 is 0.778 bits per heavy atom. The highest BCUT2D eigenvalue weighted by Gasteiger charge is 2.17. The summed E-state index contributed by atoms with van der Waals surface area (Å²) in [5, 5.41) is 9.02. The standard InChI is InChI=1S/C30H42O6/c1-4-6-8-9-11-24(12-10-22-35-27-17-15-26(16-18-27)29(31)32)25-13-19-28(20-14-25)36-30(33)23(3)34-21-7-5-2/h13-20,23-24H,4-12,21-22H2,1-3H3,(H,31,32). The zero-order valence-electron chi connectivity index (χ0n) is 22.0. The zero-order chi connectivity index (χ0) is 26.2. The quantitative estimate of drug-likeness (QED) is 0.131. The molecule has 0 aliphatic heterocycles. The molecule has 0 aromatic heterocycles. The molecule has 0 amide bonds. The number of carbonyl (C=O) groups excluding carboxylic acids is 1. The van der Waals surface area contributed by atoms with Crippen molar-refractivity contribution in [1.82, 2.24) is 0 Å². The first-order valence-electron chi connectivity index (χ1n) is 13.3. The van der Waals surface area contributed by atoms with Gasteiger partial charge in [-0.15, -0.1) is 0 Å². The first-order valence-corrected chi connectivity index (χ1v) is 13.3. The molecule has 2 unspecified atom stereocenters. The van der Waals surface area contributed by atoms with Crippen LogP contribution in [0.15, 0.2) is 48.5 Å². The molecule has 198 valence electrons. The SMILES string of the molecule is CCCCCCC(CCCOc1ccc(C(=O)O)cc1)c1ccc(OC(=O)C(C)OCCCC)cc1. The molecular weight excluding hydrogens is 456 g/mol. The maximum Gasteiger partial charge on any atom is 0.340 e. The maximum atomic E-state index is 12.3. The van der Waals surface area contributed by atoms with Crippen LogP contribution in [0.25, 0.3) is 0 Å². The van der Waals surface area contributed by atoms with Crippen LogP contribution < -0.4 is 9.47 Å². The van der Waals surface area contributed by atoms with E-state index in [-0.39, 0.29) is 11.5 Å². The van der Waals surface area contributed by atoms with Crippen LogP contribution in [0.1, 0.15) is 100 Å². The number of unbranched alkanes of at least 4 members (excludes halogenated alkanes) is 4. The van der Waals surface area contributed by atoms with E-state index in [9.17, 15) is 9.59 Å². The molecule has 36 heavy (non-hydrogen) atoms. The van der Waals surface area contributed by atoms with Gasteiger partial charge in [0.2, 0.25) is 0 Å². The van der Waals surface area contributed by atoms with E-state index < -0.39 is 12.1 Å². The summed E-state index contributed by atoms with van der Waals surface area (Å²) < 4.78 is 16.9. The Morgan fingerprint density at radius 3 is 2.06 bits per heavy atom. The highest BCUT2D eigenvalue weighted by atomic mass is 16.6. The lowest BCUT2D eigenvalue weighted by Crippen LogP contribution is -2.26. The molecule has 0 spiro atoms. The van der Waals surface area contributed by atoms with E-state index in [1.807, 2.05) is 12.1 Å². The molecule has 6 nitrogen and oxygen atoms in total. The van der Waals surface area contributed by atoms with Crippen LogP contribution in [0.3, 0.4) is 0 Å². The molecule has 0 fully saturated rings. The van der Waals surface area contributed by atoms with Gasteiger partial charge in [0, 0.05) is 6.61 Å². The molecule has 0 bridgehead atoms. The lowest BCUT2D eigenvalue weighted by Gasteiger charge is -2.18. The van der Waals surface area contributed by atoms with Crippen molar-refractivity contribution in [2.24, 2.45) is 0 Å². The maximum absolute atomic E-state index is 12.3. The summed E-state index contributed by atoms with van der Waals surface area (Å²) in [4.78, 5) is 23.3. The smallest absolute Gasteiger partial charge is 0.340 e. The minimum Gasteiger partial charge on any atom is -0.494 e. The topological polar surface area (TPSA) is 82.1 Å². The monoisotopic (exact) mass is 498 g/mol. The van der Waals surface area contributed by atoms with Crippen molar-refractivity contribution in [1.29, 1.82) is 0 Å². The van der Waals surface area contributed by atoms with E-state index in [2.05, 4.69) is 26.0 Å². The third kappa shape index (κ3) is 10.8. The highest BCUT2D eigenvalue weighted by Crippen LogP contribution is 2.29. The number of aromatic carboxylic acids is 1. The molecule has 0 radical (unpaired) electrons. The van der Waals surface area contributed by atoms with Gasteiger partial charge in [0.25, 0.3) is 0 Å². The van der Waals surface area contributed by atoms with Crippen LogP contribution in [0.5, 0.6) is 11.5 Å². The molecule has 2 aromatic carbocycles. The van der Waals surface area contributed by atoms with E-state index >= 15 is 0 Å². The highest BCUT2D eigenvalue weighted by molar-refractivity contribution is 5.87. The van der Waals surface area contributed by atoms with E-state index in [0.717, 1.165) is 32.1 Å². The van der Waals surface area contributed by atoms with Gasteiger partial charge < -0.3 is 19.3 Å². The molecule has 6 heteroatoms. The first kappa shape index (κ1) is 29.4. The summed E-state index contributed by atoms with van der Waals surface area (Å²) in [7, 11) is 0. The van der Waals surface area contributed by atoms with E-state index in [4.69, 9.17) is 19.3 Å². The minimum absolute atomic E-state index is 0.252. The largest absolute Gasteiger partial charge is 0.494 e. The Balaban J connectivity index is 1.89. The normalized spacial score (nSPS) is 12.6. The van der Waals surface area contributed by atoms with Crippen LogP contribution in [-0.2, 0) is 9.53 Å². The number of benzene rings is 2. The first-order chi connectivity index (χ1) is 17.4. The van der Waals surface area contributed by atoms with Gasteiger partial charge in [0.05, 0.1) is 12.2 Å². The molecule has 2 rings (SSSR count). The third-order valence-corrected chi connectivity index (χ3v) is 6.24. The van der Waals surface area contributed by atoms with Crippen molar-refractivity contribution in [2.75, 3.05) is 13.2 Å². The van der Waals surface area contributed by atoms with Crippen molar-refractivity contribution in [3.63, 3.8) is 0 Å². The number of hydrogen-bond donors (Lipinski definition) is 1. The van der Waals surface area contributed by atoms with Gasteiger partial charge in [-0.3, -0.25) is 0 Å². The number of carboxylic acid groups (broad SMARTS) is 1. The van der Waals surface area contributed by atoms with Crippen molar-refractivity contribution < 1.29 is 28.9 Å². The number of rotatable bonds is 18. The Kier molecular flexibility index (Phi) is 13.7. The number of hydrogen-bond acceptors (Lipinski definition) is 5. The van der Waals surface area contributed by atoms with Crippen LogP contribution in [-0.4, -0.2) is 36.4 Å². The molecule has 0 aliphatic rings. The van der Waals surface area contributed by atoms with E-state index in [0.29, 0.717) is 30.6 Å². The zero-order valence-corrected chi connectivity index (χ0v) is 22.0. The molecule has 0 heterocycles. The van der Waals surface area contributed by atoms with Crippen LogP contribution >= 0.6 is 0 Å². The Hall–Kier alpha value is -2.86. The molecule has 0 saturated heterocycles. The molecule has 0 saturated carbocycles. The Bertz CT molecular complexity index is 891. The van der Waals surface area contributed by atoms with Gasteiger partial charge in [0.15, 0.2) is 6.10 Å². The summed E-state index contributed by atoms with van der Waals surface area (Å²) in [6, 6.07) is 14.4. The average Bonchev–Trinajstić information content (AvgIpc) is 2.88. The van der Waals surface area contributed by atoms with Gasteiger partial charge in [0.1, 0.15) is 11.5 Å². The number of ether oxygens (including phenoxy) is 3. The van der Waals surface area contributed by atoms with Crippen molar-refractivity contribution in [2.45, 2.75) is 90.6 Å². The summed E-state index contributed by atoms with van der Waals surface area (Å²) >= 11 is 0. The molecule has 1 N–H and O–H groups in total. The van der Waals surface area contributed by atoms with Crippen molar-refractivity contribution in [3.8, 4) is 11.5 Å². The Morgan fingerprint density at radius 2 is 1.42 bits per heavy atom. The van der Waals surface area contributed by atoms with E-state index in [1.54, 1.807) is 31.2 Å². The summed E-state index contributed by atoms with van der Waals surface area (Å²) in [6.07, 6.45) is 9.21. The van der Waals surface area contributed by atoms with Gasteiger partial charge in [-0.2, -0.15) is 0 Å². The molecule has 2 aromatic rings. The van der Waals surface area contributed by atoms with Gasteiger partial charge in [-0.1, -0.05) is 58.1 Å². The second-order valence-corrected chi connectivity index (χ2v) is 9.22. The van der Waals surface area contributed by atoms with Crippen LogP contribution in [0, 0.1) is 0 Å². The molecular formula is C30H42O6. The van der Waals surface area contributed by atoms with Crippen LogP contribution in [0.4, 0.5) is 0 Å². The predicted molar refractivity (Wildman–Crippen MR) is 142 cm³/mol. The second-order valence-electron chi connectivity index (χ2n) is 9.22. The van der Waals surface area contributed by atoms with E-state index in [1.165, 1.54) is 31.2 Å². The van der Waals surface area contributed by atoms with Crippen molar-refractivity contribution in [3.05, 3.63) is 59.7 Å². The fourth-order valence-corrected chi connectivity index (χ4v) is 3.99. The lowest BCUT2D eigenvalue weighted by atomic mass is 9.89. The molecule has 0 aliphatic carbocycles. The van der Waals surface area contributed by atoms with Gasteiger partial charge in [-0.05, 0) is 80.5 Å². The van der Waals surface area contributed by atoms with Crippen LogP contribution in [0.2, 0.25) is 0 Å². The molecule has 2 atom stereocenters. The predicted octanol–water partition coefficient (Wildman–Crippen LogP) is 7.41. The lowest BCUT2D eigenvalue weighted by molar-refractivity contribution is -0.146. The third-order valence-electron chi connectivity index (χ3n) is 6.24. The van der Waals surface area contributed by atoms with Gasteiger partial charge in [-0.25, -0.2) is 9.59 Å². The fourth-order valence-electron chi connectivity index (χ4n) is 3.99. The fraction of sp³-hybridized carbons (Fsp3) is 0.533. The average molecular weight is 499 g/mol. The number of esters is 1. The Labute approximate surface area is 216 Å². The summed E-state index contributed by atoms with van der Waals surface area (Å²) in [5.41, 5.74) is 1.49. The minimum atomic E-state index is -0.942.